The minimum atomic E-state index is -0.404. The SMILES string of the molecule is C/C=C(/N)CC.C=NC(C)NCCC1(CC)c2ccccc2OC1C=O.CNC. The minimum absolute atomic E-state index is 0.0242. The predicted molar refractivity (Wildman–Crippen MR) is 124 cm³/mol. The van der Waals surface area contributed by atoms with Crippen LogP contribution in [0.5, 0.6) is 5.75 Å². The van der Waals surface area contributed by atoms with Crippen LogP contribution < -0.4 is 21.1 Å². The van der Waals surface area contributed by atoms with Gasteiger partial charge in [-0.1, -0.05) is 38.1 Å². The van der Waals surface area contributed by atoms with Crippen molar-refractivity contribution in [3.8, 4) is 5.75 Å². The summed E-state index contributed by atoms with van der Waals surface area (Å²) >= 11 is 0. The summed E-state index contributed by atoms with van der Waals surface area (Å²) in [6, 6.07) is 7.94. The zero-order chi connectivity index (χ0) is 22.3. The molecule has 0 radical (unpaired) electrons. The third kappa shape index (κ3) is 7.99. The standard InChI is InChI=1S/C16H22N2O2.C5H11N.C2H7N/c1-4-16(9-10-18-12(2)17-3)13-7-5-6-8-14(13)20-15(16)11-19;1-3-5(6)4-2;1-3-2/h5-8,11-12,15,18H,3-4,9-10H2,1-2H3;3H,4,6H2,1-2H3;3H,1-2H3/b;5-3+;. The van der Waals surface area contributed by atoms with Crippen LogP contribution in [0.3, 0.4) is 0 Å². The Hall–Kier alpha value is -2.18. The molecule has 0 bridgehead atoms. The molecular weight excluding hydrogens is 364 g/mol. The summed E-state index contributed by atoms with van der Waals surface area (Å²) in [6.45, 7) is 12.3. The molecule has 29 heavy (non-hydrogen) atoms. The van der Waals surface area contributed by atoms with Crippen molar-refractivity contribution in [3.63, 3.8) is 0 Å². The zero-order valence-corrected chi connectivity index (χ0v) is 19.0. The average molecular weight is 405 g/mol. The zero-order valence-electron chi connectivity index (χ0n) is 19.0. The van der Waals surface area contributed by atoms with E-state index in [0.717, 1.165) is 49.1 Å². The molecule has 0 saturated carbocycles. The van der Waals surface area contributed by atoms with E-state index in [1.807, 2.05) is 59.1 Å². The molecule has 0 spiro atoms. The van der Waals surface area contributed by atoms with Crippen LogP contribution in [0.25, 0.3) is 0 Å². The van der Waals surface area contributed by atoms with E-state index in [9.17, 15) is 4.79 Å². The first-order chi connectivity index (χ1) is 13.9. The highest BCUT2D eigenvalue weighted by molar-refractivity contribution is 5.65. The molecule has 1 aromatic carbocycles. The number of aldehydes is 1. The number of nitrogens with two attached hydrogens (primary N) is 1. The Morgan fingerprint density at radius 2 is 2.00 bits per heavy atom. The molecule has 0 amide bonds. The first-order valence-electron chi connectivity index (χ1n) is 10.3. The van der Waals surface area contributed by atoms with E-state index in [4.69, 9.17) is 10.5 Å². The molecule has 4 N–H and O–H groups in total. The molecule has 1 aliphatic rings. The number of hydrogen-bond acceptors (Lipinski definition) is 6. The van der Waals surface area contributed by atoms with Gasteiger partial charge in [-0.2, -0.15) is 0 Å². The van der Waals surface area contributed by atoms with Gasteiger partial charge in [0.1, 0.15) is 5.75 Å². The molecule has 2 rings (SSSR count). The third-order valence-electron chi connectivity index (χ3n) is 5.04. The molecule has 6 nitrogen and oxygen atoms in total. The average Bonchev–Trinajstić information content (AvgIpc) is 3.07. The Balaban J connectivity index is 0.000000736. The van der Waals surface area contributed by atoms with Crippen molar-refractivity contribution in [3.05, 3.63) is 41.6 Å². The molecule has 0 aliphatic carbocycles. The summed E-state index contributed by atoms with van der Waals surface area (Å²) in [6.07, 6.45) is 5.14. The molecule has 6 heteroatoms. The lowest BCUT2D eigenvalue weighted by Gasteiger charge is -2.31. The number of nitrogens with zero attached hydrogens (tertiary/aromatic N) is 1. The first-order valence-corrected chi connectivity index (χ1v) is 10.3. The lowest BCUT2D eigenvalue weighted by atomic mass is 9.72. The van der Waals surface area contributed by atoms with Gasteiger partial charge in [0.15, 0.2) is 12.4 Å². The number of allylic oxidation sites excluding steroid dienone is 2. The summed E-state index contributed by atoms with van der Waals surface area (Å²) in [7, 11) is 3.75. The summed E-state index contributed by atoms with van der Waals surface area (Å²) in [5.41, 5.74) is 7.20. The summed E-state index contributed by atoms with van der Waals surface area (Å²) in [5.74, 6) is 0.835. The number of fused-ring (bicyclic) bond motifs is 1. The van der Waals surface area contributed by atoms with Gasteiger partial charge in [-0.15, -0.1) is 0 Å². The van der Waals surface area contributed by atoms with Gasteiger partial charge >= 0.3 is 0 Å². The summed E-state index contributed by atoms with van der Waals surface area (Å²) in [5, 5.41) is 6.04. The number of carbonyl (C=O) groups excluding carboxylic acids is 1. The fraction of sp³-hybridized carbons (Fsp3) is 0.565. The second-order valence-corrected chi connectivity index (χ2v) is 6.96. The largest absolute Gasteiger partial charge is 0.482 e. The van der Waals surface area contributed by atoms with Gasteiger partial charge < -0.3 is 15.8 Å². The quantitative estimate of drug-likeness (QED) is 0.456. The Morgan fingerprint density at radius 1 is 1.38 bits per heavy atom. The summed E-state index contributed by atoms with van der Waals surface area (Å²) in [4.78, 5) is 15.4. The monoisotopic (exact) mass is 404 g/mol. The fourth-order valence-corrected chi connectivity index (χ4v) is 3.16. The summed E-state index contributed by atoms with van der Waals surface area (Å²) < 4.78 is 5.82. The molecule has 0 aromatic heterocycles. The highest BCUT2D eigenvalue weighted by Gasteiger charge is 2.47. The fourth-order valence-electron chi connectivity index (χ4n) is 3.16. The number of ether oxygens (including phenoxy) is 1. The maximum Gasteiger partial charge on any atom is 0.163 e. The van der Waals surface area contributed by atoms with E-state index in [2.05, 4.69) is 35.3 Å². The Bertz CT molecular complexity index is 633. The normalized spacial score (nSPS) is 20.8. The van der Waals surface area contributed by atoms with Gasteiger partial charge in [0, 0.05) is 16.7 Å². The Labute approximate surface area is 177 Å². The van der Waals surface area contributed by atoms with E-state index in [0.29, 0.717) is 0 Å². The lowest BCUT2D eigenvalue weighted by molar-refractivity contribution is -0.115. The van der Waals surface area contributed by atoms with E-state index < -0.39 is 6.10 Å². The van der Waals surface area contributed by atoms with Crippen LogP contribution in [0.1, 0.15) is 52.5 Å². The van der Waals surface area contributed by atoms with Crippen molar-refractivity contribution < 1.29 is 9.53 Å². The third-order valence-corrected chi connectivity index (χ3v) is 5.04. The lowest BCUT2D eigenvalue weighted by Crippen LogP contribution is -2.42. The van der Waals surface area contributed by atoms with Gasteiger partial charge in [0.25, 0.3) is 0 Å². The van der Waals surface area contributed by atoms with E-state index >= 15 is 0 Å². The Kier molecular flexibility index (Phi) is 13.7. The van der Waals surface area contributed by atoms with E-state index in [1.54, 1.807) is 0 Å². The van der Waals surface area contributed by atoms with Gasteiger partial charge in [-0.25, -0.2) is 0 Å². The second kappa shape index (κ2) is 14.8. The molecule has 1 heterocycles. The number of hydrogen-bond donors (Lipinski definition) is 3. The highest BCUT2D eigenvalue weighted by Crippen LogP contribution is 2.46. The van der Waals surface area contributed by atoms with E-state index in [1.165, 1.54) is 0 Å². The topological polar surface area (TPSA) is 88.7 Å². The maximum atomic E-state index is 11.4. The minimum Gasteiger partial charge on any atom is -0.482 e. The van der Waals surface area contributed by atoms with Crippen LogP contribution in [0.4, 0.5) is 0 Å². The number of rotatable bonds is 8. The Morgan fingerprint density at radius 3 is 2.45 bits per heavy atom. The predicted octanol–water partition coefficient (Wildman–Crippen LogP) is 3.42. The maximum absolute atomic E-state index is 11.4. The number of nitrogens with one attached hydrogen (secondary N) is 2. The van der Waals surface area contributed by atoms with Crippen LogP contribution in [-0.2, 0) is 10.2 Å². The molecular formula is C23H40N4O2. The molecule has 0 saturated heterocycles. The number of aliphatic imine (C=N–C) groups is 1. The van der Waals surface area contributed by atoms with Crippen LogP contribution in [0, 0.1) is 0 Å². The van der Waals surface area contributed by atoms with Crippen molar-refractivity contribution in [1.29, 1.82) is 0 Å². The molecule has 0 fully saturated rings. The van der Waals surface area contributed by atoms with Gasteiger partial charge in [0.2, 0.25) is 0 Å². The van der Waals surface area contributed by atoms with Crippen LogP contribution in [0.2, 0.25) is 0 Å². The number of benzene rings is 1. The van der Waals surface area contributed by atoms with Gasteiger partial charge in [0.05, 0.1) is 6.17 Å². The van der Waals surface area contributed by atoms with E-state index in [-0.39, 0.29) is 11.6 Å². The first kappa shape index (κ1) is 26.8. The molecule has 3 unspecified atom stereocenters. The van der Waals surface area contributed by atoms with Crippen molar-refractivity contribution in [2.75, 3.05) is 20.6 Å². The van der Waals surface area contributed by atoms with Gasteiger partial charge in [-0.05, 0) is 66.5 Å². The smallest absolute Gasteiger partial charge is 0.163 e. The van der Waals surface area contributed by atoms with Crippen molar-refractivity contribution in [2.45, 2.75) is 64.6 Å². The second-order valence-electron chi connectivity index (χ2n) is 6.96. The van der Waals surface area contributed by atoms with Crippen molar-refractivity contribution in [2.24, 2.45) is 10.7 Å². The number of carbonyl (C=O) groups is 1. The molecule has 1 aromatic rings. The highest BCUT2D eigenvalue weighted by atomic mass is 16.5. The number of para-hydroxylation sites is 1. The van der Waals surface area contributed by atoms with Crippen LogP contribution in [0.15, 0.2) is 41.0 Å². The molecule has 164 valence electrons. The molecule has 1 aliphatic heterocycles. The van der Waals surface area contributed by atoms with Gasteiger partial charge in [-0.3, -0.25) is 15.1 Å². The molecule has 3 atom stereocenters. The van der Waals surface area contributed by atoms with Crippen molar-refractivity contribution >= 4 is 13.0 Å². The van der Waals surface area contributed by atoms with Crippen LogP contribution >= 0.6 is 0 Å². The van der Waals surface area contributed by atoms with Crippen molar-refractivity contribution in [1.82, 2.24) is 10.6 Å². The van der Waals surface area contributed by atoms with Crippen LogP contribution in [-0.4, -0.2) is 45.9 Å².